The number of hydrogen-bond donors (Lipinski definition) is 1. The molecule has 4 rings (SSSR count). The molecule has 0 radical (unpaired) electrons. The molecule has 1 N–H and O–H groups in total. The summed E-state index contributed by atoms with van der Waals surface area (Å²) in [6.45, 7) is 3.54. The van der Waals surface area contributed by atoms with Gasteiger partial charge in [-0.25, -0.2) is 9.78 Å². The first-order valence-corrected chi connectivity index (χ1v) is 11.3. The van der Waals surface area contributed by atoms with Crippen molar-refractivity contribution in [2.24, 2.45) is 0 Å². The normalized spacial score (nSPS) is 11.8. The molecule has 2 aromatic heterocycles. The molecule has 1 unspecified atom stereocenters. The zero-order valence-electron chi connectivity index (χ0n) is 17.7. The van der Waals surface area contributed by atoms with Crippen LogP contribution < -0.4 is 0 Å². The standard InChI is InChI=1S/C24H19ClN2O5S/c1-13-18(11-21(28)31-14(2)17-5-3-4-6-19(17)25)22(32-27-13)15-7-9-16(10-8-15)23-26-20(12-33-23)24(29)30/h3-10,12,14H,11H2,1-2H3,(H,29,30). The third kappa shape index (κ3) is 4.97. The second kappa shape index (κ2) is 9.56. The number of carboxylic acid groups (broad SMARTS) is 1. The summed E-state index contributed by atoms with van der Waals surface area (Å²) in [5.74, 6) is -1.01. The fraction of sp³-hybridized carbons (Fsp3) is 0.167. The van der Waals surface area contributed by atoms with Gasteiger partial charge in [-0.2, -0.15) is 0 Å². The molecule has 9 heteroatoms. The number of esters is 1. The summed E-state index contributed by atoms with van der Waals surface area (Å²) in [4.78, 5) is 27.8. The van der Waals surface area contributed by atoms with Crippen molar-refractivity contribution in [3.05, 3.63) is 81.4 Å². The first-order chi connectivity index (χ1) is 15.8. The van der Waals surface area contributed by atoms with Gasteiger partial charge in [0.15, 0.2) is 11.5 Å². The Hall–Kier alpha value is -3.49. The third-order valence-electron chi connectivity index (χ3n) is 5.07. The molecule has 0 bridgehead atoms. The van der Waals surface area contributed by atoms with Gasteiger partial charge in [0.05, 0.1) is 12.1 Å². The van der Waals surface area contributed by atoms with Crippen LogP contribution in [0, 0.1) is 6.92 Å². The first kappa shape index (κ1) is 22.7. The first-order valence-electron chi connectivity index (χ1n) is 10.0. The number of aryl methyl sites for hydroxylation is 1. The maximum Gasteiger partial charge on any atom is 0.355 e. The molecule has 0 aliphatic carbocycles. The van der Waals surface area contributed by atoms with Gasteiger partial charge in [0.2, 0.25) is 0 Å². The van der Waals surface area contributed by atoms with E-state index in [1.54, 1.807) is 19.9 Å². The van der Waals surface area contributed by atoms with Crippen molar-refractivity contribution in [3.63, 3.8) is 0 Å². The minimum absolute atomic E-state index is 0.00430. The van der Waals surface area contributed by atoms with Gasteiger partial charge in [0.25, 0.3) is 0 Å². The number of carboxylic acids is 1. The van der Waals surface area contributed by atoms with Crippen molar-refractivity contribution < 1.29 is 24.0 Å². The van der Waals surface area contributed by atoms with E-state index in [1.807, 2.05) is 42.5 Å². The molecule has 0 saturated carbocycles. The highest BCUT2D eigenvalue weighted by Crippen LogP contribution is 2.31. The Kier molecular flexibility index (Phi) is 6.57. The number of thiazole rings is 1. The number of hydrogen-bond acceptors (Lipinski definition) is 7. The molecule has 0 saturated heterocycles. The average molecular weight is 483 g/mol. The van der Waals surface area contributed by atoms with Crippen LogP contribution in [0.2, 0.25) is 5.02 Å². The fourth-order valence-corrected chi connectivity index (χ4v) is 4.43. The number of nitrogens with zero attached hydrogens (tertiary/aromatic N) is 2. The molecule has 7 nitrogen and oxygen atoms in total. The van der Waals surface area contributed by atoms with Crippen LogP contribution in [0.15, 0.2) is 58.4 Å². The number of aromatic nitrogens is 2. The van der Waals surface area contributed by atoms with Crippen LogP contribution in [0.1, 0.15) is 40.3 Å². The fourth-order valence-electron chi connectivity index (χ4n) is 3.34. The maximum atomic E-state index is 12.6. The summed E-state index contributed by atoms with van der Waals surface area (Å²) in [6.07, 6.45) is -0.501. The van der Waals surface area contributed by atoms with E-state index in [0.717, 1.165) is 16.7 Å². The van der Waals surface area contributed by atoms with E-state index in [-0.39, 0.29) is 12.1 Å². The van der Waals surface area contributed by atoms with Crippen LogP contribution in [-0.4, -0.2) is 27.2 Å². The lowest BCUT2D eigenvalue weighted by Crippen LogP contribution is -2.12. The van der Waals surface area contributed by atoms with Gasteiger partial charge in [0.1, 0.15) is 11.1 Å². The zero-order chi connectivity index (χ0) is 23.5. The van der Waals surface area contributed by atoms with Gasteiger partial charge < -0.3 is 14.4 Å². The zero-order valence-corrected chi connectivity index (χ0v) is 19.3. The van der Waals surface area contributed by atoms with Crippen LogP contribution in [-0.2, 0) is 16.0 Å². The van der Waals surface area contributed by atoms with Crippen molar-refractivity contribution in [1.29, 1.82) is 0 Å². The van der Waals surface area contributed by atoms with Gasteiger partial charge in [-0.1, -0.05) is 59.2 Å². The number of carbonyl (C=O) groups is 2. The van der Waals surface area contributed by atoms with Gasteiger partial charge >= 0.3 is 11.9 Å². The Balaban J connectivity index is 1.51. The number of carbonyl (C=O) groups excluding carboxylic acids is 1. The monoisotopic (exact) mass is 482 g/mol. The summed E-state index contributed by atoms with van der Waals surface area (Å²) in [5.41, 5.74) is 3.50. The molecule has 33 heavy (non-hydrogen) atoms. The molecule has 0 aliphatic rings. The lowest BCUT2D eigenvalue weighted by Gasteiger charge is -2.15. The summed E-state index contributed by atoms with van der Waals surface area (Å²) >= 11 is 7.46. The van der Waals surface area contributed by atoms with E-state index in [2.05, 4.69) is 10.1 Å². The minimum atomic E-state index is -1.06. The molecule has 168 valence electrons. The Morgan fingerprint density at radius 1 is 1.15 bits per heavy atom. The van der Waals surface area contributed by atoms with Crippen molar-refractivity contribution >= 4 is 34.9 Å². The second-order valence-corrected chi connectivity index (χ2v) is 8.59. The quantitative estimate of drug-likeness (QED) is 0.323. The molecule has 2 heterocycles. The van der Waals surface area contributed by atoms with Gasteiger partial charge in [0, 0.05) is 32.7 Å². The number of aromatic carboxylic acids is 1. The van der Waals surface area contributed by atoms with Crippen LogP contribution in [0.4, 0.5) is 0 Å². The van der Waals surface area contributed by atoms with Crippen LogP contribution >= 0.6 is 22.9 Å². The smallest absolute Gasteiger partial charge is 0.355 e. The summed E-state index contributed by atoms with van der Waals surface area (Å²) in [5, 5.41) is 15.7. The van der Waals surface area contributed by atoms with E-state index >= 15 is 0 Å². The lowest BCUT2D eigenvalue weighted by molar-refractivity contribution is -0.147. The number of benzene rings is 2. The molecule has 0 aliphatic heterocycles. The predicted octanol–water partition coefficient (Wildman–Crippen LogP) is 5.97. The molecule has 2 aromatic carbocycles. The molecular weight excluding hydrogens is 464 g/mol. The van der Waals surface area contributed by atoms with E-state index in [9.17, 15) is 9.59 Å². The highest BCUT2D eigenvalue weighted by atomic mass is 35.5. The lowest BCUT2D eigenvalue weighted by atomic mass is 10.0. The van der Waals surface area contributed by atoms with Gasteiger partial charge in [-0.15, -0.1) is 11.3 Å². The Labute approximate surface area is 198 Å². The van der Waals surface area contributed by atoms with Crippen molar-refractivity contribution in [2.45, 2.75) is 26.4 Å². The van der Waals surface area contributed by atoms with Crippen LogP contribution in [0.5, 0.6) is 0 Å². The SMILES string of the molecule is Cc1noc(-c2ccc(-c3nc(C(=O)O)cs3)cc2)c1CC(=O)OC(C)c1ccccc1Cl. The van der Waals surface area contributed by atoms with Crippen molar-refractivity contribution in [3.8, 4) is 21.9 Å². The second-order valence-electron chi connectivity index (χ2n) is 7.33. The minimum Gasteiger partial charge on any atom is -0.476 e. The van der Waals surface area contributed by atoms with Gasteiger partial charge in [-0.05, 0) is 19.9 Å². The average Bonchev–Trinajstić information content (AvgIpc) is 3.42. The summed E-state index contributed by atoms with van der Waals surface area (Å²) in [7, 11) is 0. The van der Waals surface area contributed by atoms with Crippen LogP contribution in [0.3, 0.4) is 0 Å². The van der Waals surface area contributed by atoms with E-state index in [0.29, 0.717) is 27.0 Å². The highest BCUT2D eigenvalue weighted by Gasteiger charge is 2.21. The van der Waals surface area contributed by atoms with E-state index in [1.165, 1.54) is 16.7 Å². The third-order valence-corrected chi connectivity index (χ3v) is 6.31. The molecule has 0 fully saturated rings. The number of halogens is 1. The van der Waals surface area contributed by atoms with E-state index in [4.69, 9.17) is 26.0 Å². The number of ether oxygens (including phenoxy) is 1. The Morgan fingerprint density at radius 2 is 1.85 bits per heavy atom. The Morgan fingerprint density at radius 3 is 2.52 bits per heavy atom. The molecule has 0 amide bonds. The topological polar surface area (TPSA) is 103 Å². The molecule has 4 aromatic rings. The van der Waals surface area contributed by atoms with Crippen molar-refractivity contribution in [2.75, 3.05) is 0 Å². The highest BCUT2D eigenvalue weighted by molar-refractivity contribution is 7.13. The maximum absolute atomic E-state index is 12.6. The van der Waals surface area contributed by atoms with Gasteiger partial charge in [-0.3, -0.25) is 4.79 Å². The van der Waals surface area contributed by atoms with Crippen LogP contribution in [0.25, 0.3) is 21.9 Å². The molecule has 0 spiro atoms. The summed E-state index contributed by atoms with van der Waals surface area (Å²) in [6, 6.07) is 14.5. The summed E-state index contributed by atoms with van der Waals surface area (Å²) < 4.78 is 11.1. The largest absolute Gasteiger partial charge is 0.476 e. The molecular formula is C24H19ClN2O5S. The predicted molar refractivity (Wildman–Crippen MR) is 124 cm³/mol. The van der Waals surface area contributed by atoms with Crippen molar-refractivity contribution in [1.82, 2.24) is 10.1 Å². The van der Waals surface area contributed by atoms with E-state index < -0.39 is 18.0 Å². The molecule has 1 atom stereocenters. The number of rotatable bonds is 7. The Bertz CT molecular complexity index is 1310.